The lowest BCUT2D eigenvalue weighted by molar-refractivity contribution is -0.110. The Morgan fingerprint density at radius 1 is 1.50 bits per heavy atom. The van der Waals surface area contributed by atoms with Crippen LogP contribution in [-0.4, -0.2) is 17.0 Å². The van der Waals surface area contributed by atoms with Crippen LogP contribution in [0.5, 0.6) is 0 Å². The lowest BCUT2D eigenvalue weighted by atomic mass is 9.96. The quantitative estimate of drug-likeness (QED) is 0.306. The highest BCUT2D eigenvalue weighted by atomic mass is 32.1. The molecule has 7 heteroatoms. The number of hydrogen-bond donors (Lipinski definition) is 3. The van der Waals surface area contributed by atoms with Crippen molar-refractivity contribution in [2.45, 2.75) is 25.7 Å². The van der Waals surface area contributed by atoms with Crippen LogP contribution >= 0.6 is 11.3 Å². The first-order chi connectivity index (χ1) is 8.67. The second kappa shape index (κ2) is 5.06. The van der Waals surface area contributed by atoms with E-state index in [9.17, 15) is 4.79 Å². The van der Waals surface area contributed by atoms with Crippen LogP contribution in [0.25, 0.3) is 0 Å². The van der Waals surface area contributed by atoms with Gasteiger partial charge < -0.3 is 16.3 Å². The summed E-state index contributed by atoms with van der Waals surface area (Å²) in [5.41, 5.74) is 6.73. The highest BCUT2D eigenvalue weighted by Crippen LogP contribution is 2.37. The monoisotopic (exact) mass is 264 g/mol. The van der Waals surface area contributed by atoms with E-state index in [2.05, 4.69) is 16.5 Å². The van der Waals surface area contributed by atoms with Gasteiger partial charge in [-0.05, 0) is 31.2 Å². The zero-order valence-corrected chi connectivity index (χ0v) is 10.4. The molecule has 94 valence electrons. The molecule has 1 aromatic rings. The van der Waals surface area contributed by atoms with Crippen molar-refractivity contribution < 1.29 is 10.0 Å². The third-order valence-corrected chi connectivity index (χ3v) is 4.06. The number of carbonyl (C=O) groups is 1. The van der Waals surface area contributed by atoms with Gasteiger partial charge in [0, 0.05) is 4.88 Å². The predicted molar refractivity (Wildman–Crippen MR) is 67.7 cm³/mol. The van der Waals surface area contributed by atoms with Crippen LogP contribution in [0.15, 0.2) is 5.16 Å². The van der Waals surface area contributed by atoms with Gasteiger partial charge in [-0.25, -0.2) is 0 Å². The zero-order valence-electron chi connectivity index (χ0n) is 9.56. The Hall–Kier alpha value is -2.07. The Kier molecular flexibility index (Phi) is 3.48. The number of fused-ring (bicyclic) bond motifs is 1. The lowest BCUT2D eigenvalue weighted by Gasteiger charge is -2.09. The van der Waals surface area contributed by atoms with Gasteiger partial charge in [-0.2, -0.15) is 5.26 Å². The summed E-state index contributed by atoms with van der Waals surface area (Å²) in [5.74, 6) is -1.22. The summed E-state index contributed by atoms with van der Waals surface area (Å²) in [5, 5.41) is 23.2. The fourth-order valence-electron chi connectivity index (χ4n) is 1.98. The van der Waals surface area contributed by atoms with E-state index in [1.165, 1.54) is 11.3 Å². The highest BCUT2D eigenvalue weighted by Gasteiger charge is 2.22. The third kappa shape index (κ3) is 2.15. The number of hydrogen-bond acceptors (Lipinski definition) is 5. The highest BCUT2D eigenvalue weighted by molar-refractivity contribution is 7.16. The number of oxime groups is 1. The number of rotatable bonds is 1. The molecule has 0 fully saturated rings. The molecule has 1 heterocycles. The van der Waals surface area contributed by atoms with Crippen LogP contribution in [-0.2, 0) is 17.6 Å². The molecule has 4 N–H and O–H groups in total. The molecule has 6 nitrogen and oxygen atoms in total. The van der Waals surface area contributed by atoms with Gasteiger partial charge in [0.25, 0.3) is 5.91 Å². The number of nitriles is 1. The van der Waals surface area contributed by atoms with Crippen molar-refractivity contribution in [1.29, 1.82) is 5.26 Å². The number of nitrogens with one attached hydrogen (secondary N) is 1. The minimum absolute atomic E-state index is 0.487. The first kappa shape index (κ1) is 12.4. The van der Waals surface area contributed by atoms with Crippen LogP contribution in [0.3, 0.4) is 0 Å². The van der Waals surface area contributed by atoms with Crippen LogP contribution < -0.4 is 11.1 Å². The summed E-state index contributed by atoms with van der Waals surface area (Å²) in [6.07, 6.45) is 3.97. The van der Waals surface area contributed by atoms with Gasteiger partial charge in [-0.15, -0.1) is 11.3 Å². The van der Waals surface area contributed by atoms with E-state index in [1.54, 1.807) is 0 Å². The summed E-state index contributed by atoms with van der Waals surface area (Å²) in [6.45, 7) is 0. The predicted octanol–water partition coefficient (Wildman–Crippen LogP) is 1.18. The van der Waals surface area contributed by atoms with E-state index in [1.807, 2.05) is 0 Å². The van der Waals surface area contributed by atoms with E-state index in [4.69, 9.17) is 16.2 Å². The summed E-state index contributed by atoms with van der Waals surface area (Å²) >= 11 is 1.40. The molecule has 1 amide bonds. The number of carbonyl (C=O) groups excluding carboxylic acids is 1. The van der Waals surface area contributed by atoms with Crippen LogP contribution in [0.4, 0.5) is 5.00 Å². The van der Waals surface area contributed by atoms with E-state index in [0.29, 0.717) is 10.6 Å². The van der Waals surface area contributed by atoms with E-state index in [-0.39, 0.29) is 0 Å². The summed E-state index contributed by atoms with van der Waals surface area (Å²) < 4.78 is 0. The molecule has 18 heavy (non-hydrogen) atoms. The molecule has 0 atom stereocenters. The summed E-state index contributed by atoms with van der Waals surface area (Å²) in [4.78, 5) is 12.6. The molecule has 2 rings (SSSR count). The Bertz CT molecular complexity index is 556. The SMILES string of the molecule is N#Cc1c(NC(=O)/C(N)=N\O)sc2c1CCCC2. The minimum atomic E-state index is -0.701. The van der Waals surface area contributed by atoms with Crippen molar-refractivity contribution in [1.82, 2.24) is 0 Å². The molecule has 0 spiro atoms. The molecule has 1 aromatic heterocycles. The van der Waals surface area contributed by atoms with Gasteiger partial charge in [0.1, 0.15) is 11.1 Å². The molecule has 0 saturated heterocycles. The Balaban J connectivity index is 2.32. The maximum atomic E-state index is 11.5. The molecule has 0 bridgehead atoms. The Labute approximate surface area is 108 Å². The molecule has 0 aliphatic heterocycles. The standard InChI is InChI=1S/C11H12N4O2S/c12-5-7-6-3-1-2-4-8(6)18-11(7)14-10(16)9(13)15-17/h17H,1-4H2,(H2,13,15)(H,14,16). The van der Waals surface area contributed by atoms with Gasteiger partial charge in [-0.1, -0.05) is 5.16 Å². The number of amides is 1. The van der Waals surface area contributed by atoms with Gasteiger partial charge in [0.05, 0.1) is 5.56 Å². The van der Waals surface area contributed by atoms with Gasteiger partial charge in [0.15, 0.2) is 0 Å². The number of anilines is 1. The Morgan fingerprint density at radius 2 is 2.22 bits per heavy atom. The fourth-order valence-corrected chi connectivity index (χ4v) is 3.22. The van der Waals surface area contributed by atoms with Gasteiger partial charge >= 0.3 is 0 Å². The van der Waals surface area contributed by atoms with Crippen LogP contribution in [0, 0.1) is 11.3 Å². The lowest BCUT2D eigenvalue weighted by Crippen LogP contribution is -2.30. The normalized spacial score (nSPS) is 14.7. The van der Waals surface area contributed by atoms with Crippen molar-refractivity contribution in [3.63, 3.8) is 0 Å². The largest absolute Gasteiger partial charge is 0.409 e. The number of aryl methyl sites for hydroxylation is 1. The molecule has 0 aromatic carbocycles. The molecule has 0 radical (unpaired) electrons. The third-order valence-electron chi connectivity index (χ3n) is 2.85. The maximum absolute atomic E-state index is 11.5. The number of nitrogens with two attached hydrogens (primary N) is 1. The average Bonchev–Trinajstić information content (AvgIpc) is 2.74. The summed E-state index contributed by atoms with van der Waals surface area (Å²) in [6, 6.07) is 2.12. The van der Waals surface area contributed by atoms with Crippen molar-refractivity contribution in [3.8, 4) is 6.07 Å². The van der Waals surface area contributed by atoms with Gasteiger partial charge in [-0.3, -0.25) is 4.79 Å². The maximum Gasteiger partial charge on any atom is 0.294 e. The molecule has 1 aliphatic rings. The van der Waals surface area contributed by atoms with Crippen molar-refractivity contribution in [3.05, 3.63) is 16.0 Å². The van der Waals surface area contributed by atoms with Crippen LogP contribution in [0.1, 0.15) is 28.8 Å². The molecule has 0 saturated carbocycles. The smallest absolute Gasteiger partial charge is 0.294 e. The topological polar surface area (TPSA) is 112 Å². The van der Waals surface area contributed by atoms with Crippen LogP contribution in [0.2, 0.25) is 0 Å². The Morgan fingerprint density at radius 3 is 2.89 bits per heavy atom. The number of nitrogens with zero attached hydrogens (tertiary/aromatic N) is 2. The molecular weight excluding hydrogens is 252 g/mol. The van der Waals surface area contributed by atoms with Crippen molar-refractivity contribution in [2.75, 3.05) is 5.32 Å². The number of amidine groups is 1. The first-order valence-electron chi connectivity index (χ1n) is 5.51. The zero-order chi connectivity index (χ0) is 13.1. The molecule has 0 unspecified atom stereocenters. The van der Waals surface area contributed by atoms with Crippen molar-refractivity contribution in [2.24, 2.45) is 10.9 Å². The number of thiophene rings is 1. The van der Waals surface area contributed by atoms with E-state index < -0.39 is 11.7 Å². The van der Waals surface area contributed by atoms with Gasteiger partial charge in [0.2, 0.25) is 5.84 Å². The second-order valence-corrected chi connectivity index (χ2v) is 5.07. The van der Waals surface area contributed by atoms with E-state index in [0.717, 1.165) is 36.1 Å². The van der Waals surface area contributed by atoms with Crippen molar-refractivity contribution >= 4 is 28.1 Å². The van der Waals surface area contributed by atoms with E-state index >= 15 is 0 Å². The minimum Gasteiger partial charge on any atom is -0.409 e. The molecule has 1 aliphatic carbocycles. The average molecular weight is 264 g/mol. The first-order valence-corrected chi connectivity index (χ1v) is 6.32. The fraction of sp³-hybridized carbons (Fsp3) is 0.364. The second-order valence-electron chi connectivity index (χ2n) is 3.97. The summed E-state index contributed by atoms with van der Waals surface area (Å²) in [7, 11) is 0. The molecular formula is C11H12N4O2S.